The van der Waals surface area contributed by atoms with Gasteiger partial charge in [-0.05, 0) is 49.7 Å². The van der Waals surface area contributed by atoms with E-state index in [4.69, 9.17) is 4.74 Å². The summed E-state index contributed by atoms with van der Waals surface area (Å²) in [4.78, 5) is 51.1. The van der Waals surface area contributed by atoms with Crippen molar-refractivity contribution in [1.29, 1.82) is 0 Å². The number of Topliss-reactive ketones (excluding diaryl/α,β-unsaturated/α-hetero) is 2. The van der Waals surface area contributed by atoms with Crippen LogP contribution in [0.25, 0.3) is 0 Å². The number of esters is 1. The van der Waals surface area contributed by atoms with Crippen molar-refractivity contribution in [3.63, 3.8) is 0 Å². The zero-order valence-electron chi connectivity index (χ0n) is 15.6. The average Bonchev–Trinajstić information content (AvgIpc) is 3.32. The van der Waals surface area contributed by atoms with Gasteiger partial charge in [0.1, 0.15) is 0 Å². The molecule has 6 nitrogen and oxygen atoms in total. The van der Waals surface area contributed by atoms with Crippen LogP contribution in [0.1, 0.15) is 50.6 Å². The molecular formula is C21H21NO5S. The van der Waals surface area contributed by atoms with Gasteiger partial charge in [-0.2, -0.15) is 0 Å². The minimum Gasteiger partial charge on any atom is -0.457 e. The number of rotatable bonds is 8. The van der Waals surface area contributed by atoms with Crippen molar-refractivity contribution in [3.8, 4) is 0 Å². The maximum absolute atomic E-state index is 12.2. The highest BCUT2D eigenvalue weighted by atomic mass is 32.1. The number of nitrogens with zero attached hydrogens (tertiary/aromatic N) is 1. The third kappa shape index (κ3) is 4.92. The molecule has 7 heteroatoms. The van der Waals surface area contributed by atoms with Crippen molar-refractivity contribution in [2.24, 2.45) is 0 Å². The topological polar surface area (TPSA) is 80.8 Å². The van der Waals surface area contributed by atoms with E-state index in [-0.39, 0.29) is 36.9 Å². The Bertz CT molecular complexity index is 900. The molecule has 1 fully saturated rings. The monoisotopic (exact) mass is 399 g/mol. The first kappa shape index (κ1) is 19.9. The van der Waals surface area contributed by atoms with Gasteiger partial charge in [0.15, 0.2) is 18.2 Å². The largest absolute Gasteiger partial charge is 0.457 e. The van der Waals surface area contributed by atoms with Crippen LogP contribution in [-0.2, 0) is 14.3 Å². The van der Waals surface area contributed by atoms with Crippen LogP contribution in [0.4, 0.5) is 5.69 Å². The second kappa shape index (κ2) is 8.93. The summed E-state index contributed by atoms with van der Waals surface area (Å²) in [6.45, 7) is 2.23. The van der Waals surface area contributed by atoms with Crippen molar-refractivity contribution >= 4 is 40.5 Å². The van der Waals surface area contributed by atoms with Gasteiger partial charge < -0.3 is 9.64 Å². The first-order valence-electron chi connectivity index (χ1n) is 9.13. The number of aryl methyl sites for hydroxylation is 1. The van der Waals surface area contributed by atoms with E-state index in [1.807, 2.05) is 13.0 Å². The molecule has 1 aliphatic heterocycles. The van der Waals surface area contributed by atoms with E-state index >= 15 is 0 Å². The standard InChI is InChI=1S/C21H21NO5S/c1-14-4-10-19(28-14)17(23)9-11-21(26)27-13-18(24)15-5-7-16(8-6-15)22-12-2-3-20(22)25/h4-8,10H,2-3,9,11-13H2,1H3. The van der Waals surface area contributed by atoms with Crippen molar-refractivity contribution in [2.75, 3.05) is 18.1 Å². The van der Waals surface area contributed by atoms with E-state index in [9.17, 15) is 19.2 Å². The lowest BCUT2D eigenvalue weighted by molar-refractivity contribution is -0.142. The lowest BCUT2D eigenvalue weighted by Gasteiger charge is -2.15. The summed E-state index contributed by atoms with van der Waals surface area (Å²) in [5.74, 6) is -0.921. The number of ether oxygens (including phenoxy) is 1. The molecule has 146 valence electrons. The van der Waals surface area contributed by atoms with Crippen LogP contribution in [0.2, 0.25) is 0 Å². The molecule has 0 bridgehead atoms. The Balaban J connectivity index is 1.45. The van der Waals surface area contributed by atoms with Crippen molar-refractivity contribution in [1.82, 2.24) is 0 Å². The second-order valence-electron chi connectivity index (χ2n) is 6.61. The van der Waals surface area contributed by atoms with Gasteiger partial charge in [0.2, 0.25) is 5.91 Å². The molecule has 0 atom stereocenters. The van der Waals surface area contributed by atoms with Gasteiger partial charge in [0.05, 0.1) is 11.3 Å². The maximum atomic E-state index is 12.2. The molecule has 0 saturated carbocycles. The number of carbonyl (C=O) groups excluding carboxylic acids is 4. The summed E-state index contributed by atoms with van der Waals surface area (Å²) in [6, 6.07) is 10.3. The minimum absolute atomic E-state index is 0.0565. The molecule has 1 aromatic carbocycles. The van der Waals surface area contributed by atoms with Gasteiger partial charge in [-0.25, -0.2) is 0 Å². The van der Waals surface area contributed by atoms with E-state index in [1.54, 1.807) is 35.2 Å². The van der Waals surface area contributed by atoms with Crippen LogP contribution in [0.15, 0.2) is 36.4 Å². The molecule has 0 N–H and O–H groups in total. The number of ketones is 2. The highest BCUT2D eigenvalue weighted by molar-refractivity contribution is 7.14. The Hall–Kier alpha value is -2.80. The fraction of sp³-hybridized carbons (Fsp3) is 0.333. The molecule has 2 aromatic rings. The summed E-state index contributed by atoms with van der Waals surface area (Å²) in [6.07, 6.45) is 1.39. The van der Waals surface area contributed by atoms with Crippen LogP contribution in [0.5, 0.6) is 0 Å². The second-order valence-corrected chi connectivity index (χ2v) is 7.90. The van der Waals surface area contributed by atoms with Gasteiger partial charge in [-0.3, -0.25) is 19.2 Å². The van der Waals surface area contributed by atoms with Crippen LogP contribution >= 0.6 is 11.3 Å². The molecule has 0 unspecified atom stereocenters. The quantitative estimate of drug-likeness (QED) is 0.501. The summed E-state index contributed by atoms with van der Waals surface area (Å²) in [5.41, 5.74) is 1.17. The molecule has 0 spiro atoms. The zero-order valence-corrected chi connectivity index (χ0v) is 16.4. The third-order valence-corrected chi connectivity index (χ3v) is 5.55. The van der Waals surface area contributed by atoms with Crippen LogP contribution in [0.3, 0.4) is 0 Å². The Morgan fingerprint density at radius 2 is 1.79 bits per heavy atom. The summed E-state index contributed by atoms with van der Waals surface area (Å²) < 4.78 is 4.99. The van der Waals surface area contributed by atoms with E-state index in [0.29, 0.717) is 23.4 Å². The number of carbonyl (C=O) groups is 4. The minimum atomic E-state index is -0.575. The molecule has 1 amide bonds. The Morgan fingerprint density at radius 3 is 2.39 bits per heavy atom. The van der Waals surface area contributed by atoms with Crippen molar-refractivity contribution < 1.29 is 23.9 Å². The van der Waals surface area contributed by atoms with Crippen molar-refractivity contribution in [2.45, 2.75) is 32.6 Å². The molecule has 1 aromatic heterocycles. The molecular weight excluding hydrogens is 378 g/mol. The van der Waals surface area contributed by atoms with Gasteiger partial charge in [0.25, 0.3) is 0 Å². The van der Waals surface area contributed by atoms with E-state index < -0.39 is 5.97 Å². The number of thiophene rings is 1. The number of hydrogen-bond acceptors (Lipinski definition) is 6. The zero-order chi connectivity index (χ0) is 20.1. The smallest absolute Gasteiger partial charge is 0.306 e. The summed E-state index contributed by atoms with van der Waals surface area (Å²) in [5, 5.41) is 0. The van der Waals surface area contributed by atoms with Crippen molar-refractivity contribution in [3.05, 3.63) is 51.7 Å². The molecule has 1 aliphatic rings. The van der Waals surface area contributed by atoms with Gasteiger partial charge in [-0.1, -0.05) is 0 Å². The molecule has 0 radical (unpaired) electrons. The van der Waals surface area contributed by atoms with E-state index in [2.05, 4.69) is 0 Å². The fourth-order valence-corrected chi connectivity index (χ4v) is 3.81. The predicted molar refractivity (Wildman–Crippen MR) is 106 cm³/mol. The predicted octanol–water partition coefficient (Wildman–Crippen LogP) is 3.57. The molecule has 0 aliphatic carbocycles. The van der Waals surface area contributed by atoms with E-state index in [0.717, 1.165) is 17.0 Å². The van der Waals surface area contributed by atoms with Gasteiger partial charge in [-0.15, -0.1) is 11.3 Å². The molecule has 3 rings (SSSR count). The third-order valence-electron chi connectivity index (χ3n) is 4.51. The number of hydrogen-bond donors (Lipinski definition) is 0. The Morgan fingerprint density at radius 1 is 1.04 bits per heavy atom. The normalized spacial score (nSPS) is 13.6. The lowest BCUT2D eigenvalue weighted by Crippen LogP contribution is -2.23. The van der Waals surface area contributed by atoms with Crippen LogP contribution in [-0.4, -0.2) is 36.6 Å². The number of anilines is 1. The molecule has 2 heterocycles. The molecule has 1 saturated heterocycles. The molecule has 28 heavy (non-hydrogen) atoms. The first-order valence-corrected chi connectivity index (χ1v) is 9.94. The average molecular weight is 399 g/mol. The maximum Gasteiger partial charge on any atom is 0.306 e. The fourth-order valence-electron chi connectivity index (χ4n) is 2.97. The summed E-state index contributed by atoms with van der Waals surface area (Å²) in [7, 11) is 0. The van der Waals surface area contributed by atoms with Crippen LogP contribution in [0, 0.1) is 6.92 Å². The van der Waals surface area contributed by atoms with Gasteiger partial charge in [0, 0.05) is 35.5 Å². The Kier molecular flexibility index (Phi) is 6.36. The Labute approximate surface area is 167 Å². The summed E-state index contributed by atoms with van der Waals surface area (Å²) >= 11 is 1.39. The van der Waals surface area contributed by atoms with Gasteiger partial charge >= 0.3 is 5.97 Å². The van der Waals surface area contributed by atoms with E-state index in [1.165, 1.54) is 11.3 Å². The highest BCUT2D eigenvalue weighted by Crippen LogP contribution is 2.22. The first-order chi connectivity index (χ1) is 13.4. The lowest BCUT2D eigenvalue weighted by atomic mass is 10.1. The van der Waals surface area contributed by atoms with Crippen LogP contribution < -0.4 is 4.90 Å². The highest BCUT2D eigenvalue weighted by Gasteiger charge is 2.22. The number of benzene rings is 1. The SMILES string of the molecule is Cc1ccc(C(=O)CCC(=O)OCC(=O)c2ccc(N3CCCC3=O)cc2)s1. The number of amides is 1.